The Kier molecular flexibility index (Phi) is 6.49. The number of sulfonamides is 1. The van der Waals surface area contributed by atoms with E-state index in [-0.39, 0.29) is 16.5 Å². The zero-order valence-electron chi connectivity index (χ0n) is 17.4. The van der Waals surface area contributed by atoms with Crippen molar-refractivity contribution in [3.63, 3.8) is 0 Å². The molecule has 0 bridgehead atoms. The number of methoxy groups -OCH3 is 1. The van der Waals surface area contributed by atoms with Gasteiger partial charge in [0.25, 0.3) is 5.91 Å². The first-order valence-electron chi connectivity index (χ1n) is 9.90. The smallest absolute Gasteiger partial charge is 0.322 e. The molecule has 168 valence electrons. The Balaban J connectivity index is 1.38. The van der Waals surface area contributed by atoms with E-state index in [1.807, 2.05) is 24.3 Å². The molecule has 0 aliphatic carbocycles. The molecule has 1 aromatic heterocycles. The Hall–Kier alpha value is -3.28. The topological polar surface area (TPSA) is 124 Å². The van der Waals surface area contributed by atoms with E-state index in [0.29, 0.717) is 38.6 Å². The number of amides is 1. The lowest BCUT2D eigenvalue weighted by molar-refractivity contribution is 0.0730. The summed E-state index contributed by atoms with van der Waals surface area (Å²) in [5, 5.41) is 10.3. The van der Waals surface area contributed by atoms with Gasteiger partial charge in [-0.2, -0.15) is 4.31 Å². The number of hydrogen-bond acceptors (Lipinski definition) is 8. The molecular weight excluding hydrogens is 436 g/mol. The molecule has 4 rings (SSSR count). The fourth-order valence-electron chi connectivity index (χ4n) is 3.18. The van der Waals surface area contributed by atoms with Crippen LogP contribution in [-0.2, 0) is 21.2 Å². The molecule has 0 radical (unpaired) electrons. The monoisotopic (exact) mass is 458 g/mol. The summed E-state index contributed by atoms with van der Waals surface area (Å²) in [5.74, 6) is 0.605. The minimum absolute atomic E-state index is 0.0384. The van der Waals surface area contributed by atoms with Crippen LogP contribution in [0.4, 0.5) is 6.01 Å². The number of ether oxygens (including phenoxy) is 2. The lowest BCUT2D eigenvalue weighted by Crippen LogP contribution is -2.40. The van der Waals surface area contributed by atoms with Gasteiger partial charge in [0.1, 0.15) is 5.75 Å². The highest BCUT2D eigenvalue weighted by molar-refractivity contribution is 7.89. The number of nitrogens with zero attached hydrogens (tertiary/aromatic N) is 3. The average molecular weight is 458 g/mol. The molecule has 1 aliphatic rings. The number of morpholine rings is 1. The summed E-state index contributed by atoms with van der Waals surface area (Å²) >= 11 is 0. The van der Waals surface area contributed by atoms with Gasteiger partial charge in [0.2, 0.25) is 15.9 Å². The molecule has 1 aliphatic heterocycles. The van der Waals surface area contributed by atoms with Crippen LogP contribution >= 0.6 is 0 Å². The van der Waals surface area contributed by atoms with Crippen LogP contribution in [-0.4, -0.2) is 62.2 Å². The van der Waals surface area contributed by atoms with Gasteiger partial charge in [-0.3, -0.25) is 10.1 Å². The Morgan fingerprint density at radius 1 is 1.06 bits per heavy atom. The van der Waals surface area contributed by atoms with Crippen LogP contribution in [0.1, 0.15) is 21.8 Å². The normalized spacial score (nSPS) is 14.8. The molecule has 32 heavy (non-hydrogen) atoms. The zero-order chi connectivity index (χ0) is 22.6. The second kappa shape index (κ2) is 9.47. The van der Waals surface area contributed by atoms with Gasteiger partial charge >= 0.3 is 6.01 Å². The van der Waals surface area contributed by atoms with Crippen LogP contribution in [0, 0.1) is 0 Å². The predicted molar refractivity (Wildman–Crippen MR) is 114 cm³/mol. The number of anilines is 1. The average Bonchev–Trinajstić information content (AvgIpc) is 3.26. The summed E-state index contributed by atoms with van der Waals surface area (Å²) in [7, 11) is -2.03. The van der Waals surface area contributed by atoms with E-state index in [1.54, 1.807) is 7.11 Å². The van der Waals surface area contributed by atoms with Crippen molar-refractivity contribution in [2.24, 2.45) is 0 Å². The molecule has 10 nitrogen and oxygen atoms in total. The maximum Gasteiger partial charge on any atom is 0.322 e. The summed E-state index contributed by atoms with van der Waals surface area (Å²) in [4.78, 5) is 12.6. The van der Waals surface area contributed by atoms with Crippen molar-refractivity contribution in [3.8, 4) is 5.75 Å². The van der Waals surface area contributed by atoms with Gasteiger partial charge in [0.05, 0.1) is 31.6 Å². The molecule has 1 amide bonds. The largest absolute Gasteiger partial charge is 0.497 e. The van der Waals surface area contributed by atoms with Crippen LogP contribution < -0.4 is 10.1 Å². The van der Waals surface area contributed by atoms with E-state index in [1.165, 1.54) is 28.6 Å². The van der Waals surface area contributed by atoms with Crippen LogP contribution in [0.3, 0.4) is 0 Å². The van der Waals surface area contributed by atoms with Crippen molar-refractivity contribution in [3.05, 3.63) is 65.5 Å². The predicted octanol–water partition coefficient (Wildman–Crippen LogP) is 1.94. The second-order valence-corrected chi connectivity index (χ2v) is 8.96. The SMILES string of the molecule is COc1ccc(Cc2nnc(NC(=O)c3ccc(S(=O)(=O)N4CCOCC4)cc3)o2)cc1. The molecule has 1 N–H and O–H groups in total. The van der Waals surface area contributed by atoms with Gasteiger partial charge in [-0.1, -0.05) is 17.2 Å². The van der Waals surface area contributed by atoms with Crippen molar-refractivity contribution >= 4 is 21.9 Å². The van der Waals surface area contributed by atoms with Crippen molar-refractivity contribution in [2.45, 2.75) is 11.3 Å². The summed E-state index contributed by atoms with van der Waals surface area (Å²) in [6.07, 6.45) is 0.404. The molecule has 11 heteroatoms. The summed E-state index contributed by atoms with van der Waals surface area (Å²) in [5.41, 5.74) is 1.21. The first-order chi connectivity index (χ1) is 15.5. The van der Waals surface area contributed by atoms with Gasteiger partial charge in [-0.25, -0.2) is 8.42 Å². The first-order valence-corrected chi connectivity index (χ1v) is 11.3. The van der Waals surface area contributed by atoms with Gasteiger partial charge in [-0.15, -0.1) is 5.10 Å². The number of nitrogens with one attached hydrogen (secondary N) is 1. The quantitative estimate of drug-likeness (QED) is 0.570. The molecule has 0 unspecified atom stereocenters. The zero-order valence-corrected chi connectivity index (χ0v) is 18.2. The molecule has 1 fully saturated rings. The maximum absolute atomic E-state index is 12.7. The van der Waals surface area contributed by atoms with E-state index in [9.17, 15) is 13.2 Å². The standard InChI is InChI=1S/C21H22N4O6S/c1-29-17-6-2-15(3-7-17)14-19-23-24-21(31-19)22-20(26)16-4-8-18(9-5-16)32(27,28)25-10-12-30-13-11-25/h2-9H,10-14H2,1H3,(H,22,24,26). The molecular formula is C21H22N4O6S. The second-order valence-electron chi connectivity index (χ2n) is 7.02. The number of carbonyl (C=O) groups excluding carboxylic acids is 1. The van der Waals surface area contributed by atoms with E-state index in [0.717, 1.165) is 11.3 Å². The molecule has 0 saturated carbocycles. The van der Waals surface area contributed by atoms with E-state index >= 15 is 0 Å². The molecule has 2 heterocycles. The van der Waals surface area contributed by atoms with Crippen molar-refractivity contribution < 1.29 is 27.1 Å². The highest BCUT2D eigenvalue weighted by Gasteiger charge is 2.26. The Morgan fingerprint density at radius 2 is 1.75 bits per heavy atom. The van der Waals surface area contributed by atoms with Crippen molar-refractivity contribution in [1.29, 1.82) is 0 Å². The maximum atomic E-state index is 12.7. The number of benzene rings is 2. The Labute approximate surface area is 185 Å². The number of hydrogen-bond donors (Lipinski definition) is 1. The summed E-state index contributed by atoms with van der Waals surface area (Å²) < 4.78 is 42.5. The first kappa shape index (κ1) is 21.9. The third kappa shape index (κ3) is 4.96. The van der Waals surface area contributed by atoms with Gasteiger partial charge in [0.15, 0.2) is 0 Å². The third-order valence-corrected chi connectivity index (χ3v) is 6.84. The fourth-order valence-corrected chi connectivity index (χ4v) is 4.59. The molecule has 0 atom stereocenters. The lowest BCUT2D eigenvalue weighted by Gasteiger charge is -2.26. The van der Waals surface area contributed by atoms with E-state index in [2.05, 4.69) is 15.5 Å². The number of aromatic nitrogens is 2. The van der Waals surface area contributed by atoms with Crippen LogP contribution in [0.25, 0.3) is 0 Å². The van der Waals surface area contributed by atoms with Gasteiger partial charge < -0.3 is 13.9 Å². The molecule has 0 spiro atoms. The highest BCUT2D eigenvalue weighted by Crippen LogP contribution is 2.19. The van der Waals surface area contributed by atoms with E-state index in [4.69, 9.17) is 13.9 Å². The van der Waals surface area contributed by atoms with Gasteiger partial charge in [-0.05, 0) is 42.0 Å². The molecule has 1 saturated heterocycles. The van der Waals surface area contributed by atoms with Gasteiger partial charge in [0, 0.05) is 18.7 Å². The number of carbonyl (C=O) groups is 1. The van der Waals surface area contributed by atoms with E-state index < -0.39 is 15.9 Å². The van der Waals surface area contributed by atoms with Crippen molar-refractivity contribution in [2.75, 3.05) is 38.7 Å². The van der Waals surface area contributed by atoms with Crippen LogP contribution in [0.5, 0.6) is 5.75 Å². The summed E-state index contributed by atoms with van der Waals surface area (Å²) in [6, 6.07) is 13.1. The highest BCUT2D eigenvalue weighted by atomic mass is 32.2. The number of rotatable bonds is 7. The Morgan fingerprint density at radius 3 is 2.41 bits per heavy atom. The minimum Gasteiger partial charge on any atom is -0.497 e. The molecule has 3 aromatic rings. The van der Waals surface area contributed by atoms with Crippen molar-refractivity contribution in [1.82, 2.24) is 14.5 Å². The van der Waals surface area contributed by atoms with Crippen LogP contribution in [0.15, 0.2) is 57.8 Å². The minimum atomic E-state index is -3.62. The third-order valence-electron chi connectivity index (χ3n) is 4.93. The van der Waals surface area contributed by atoms with Crippen LogP contribution in [0.2, 0.25) is 0 Å². The summed E-state index contributed by atoms with van der Waals surface area (Å²) in [6.45, 7) is 1.34. The Bertz CT molecular complexity index is 1170. The fraction of sp³-hybridized carbons (Fsp3) is 0.286. The molecule has 2 aromatic carbocycles. The lowest BCUT2D eigenvalue weighted by atomic mass is 10.1.